The quantitative estimate of drug-likeness (QED) is 0.785. The Morgan fingerprint density at radius 1 is 1.23 bits per heavy atom. The van der Waals surface area contributed by atoms with Gasteiger partial charge in [0, 0.05) is 18.3 Å². The van der Waals surface area contributed by atoms with Crippen molar-refractivity contribution >= 4 is 17.2 Å². The lowest BCUT2D eigenvalue weighted by Crippen LogP contribution is -2.27. The fourth-order valence-corrected chi connectivity index (χ4v) is 2.82. The molecule has 2 heterocycles. The Labute approximate surface area is 133 Å². The molecule has 22 heavy (non-hydrogen) atoms. The molecule has 0 aliphatic heterocycles. The molecule has 0 atom stereocenters. The number of nitrogens with zero attached hydrogens (tertiary/aromatic N) is 2. The van der Waals surface area contributed by atoms with Crippen LogP contribution in [0.3, 0.4) is 0 Å². The van der Waals surface area contributed by atoms with E-state index in [9.17, 15) is 4.79 Å². The van der Waals surface area contributed by atoms with Crippen LogP contribution in [0.5, 0.6) is 0 Å². The number of carbonyl (C=O) groups is 1. The maximum atomic E-state index is 12.0. The van der Waals surface area contributed by atoms with E-state index in [4.69, 9.17) is 0 Å². The first kappa shape index (κ1) is 14.5. The number of nitrogens with one attached hydrogen (secondary N) is 1. The Bertz CT molecular complexity index is 745. The van der Waals surface area contributed by atoms with Crippen molar-refractivity contribution in [3.63, 3.8) is 0 Å². The van der Waals surface area contributed by atoms with Crippen LogP contribution in [-0.2, 0) is 6.54 Å². The minimum Gasteiger partial charge on any atom is -0.350 e. The Hall–Kier alpha value is -2.40. The monoisotopic (exact) mass is 311 g/mol. The number of hydrogen-bond donors (Lipinski definition) is 1. The minimum atomic E-state index is -0.0503. The second-order valence-electron chi connectivity index (χ2n) is 5.06. The lowest BCUT2D eigenvalue weighted by Gasteiger charge is -2.05. The van der Waals surface area contributed by atoms with E-state index in [1.807, 2.05) is 59.6 Å². The van der Waals surface area contributed by atoms with E-state index in [1.165, 1.54) is 0 Å². The maximum Gasteiger partial charge on any atom is 0.251 e. The average molecular weight is 311 g/mol. The molecule has 2 aromatic heterocycles. The largest absolute Gasteiger partial charge is 0.350 e. The van der Waals surface area contributed by atoms with E-state index in [0.29, 0.717) is 18.7 Å². The first-order valence-electron chi connectivity index (χ1n) is 7.14. The summed E-state index contributed by atoms with van der Waals surface area (Å²) in [4.78, 5) is 13.2. The van der Waals surface area contributed by atoms with Gasteiger partial charge >= 0.3 is 0 Å². The predicted octanol–water partition coefficient (Wildman–Crippen LogP) is 3.35. The van der Waals surface area contributed by atoms with Crippen molar-refractivity contribution in [3.05, 3.63) is 65.2 Å². The summed E-state index contributed by atoms with van der Waals surface area (Å²) in [6.07, 6.45) is 1.94. The molecule has 0 saturated heterocycles. The number of aromatic nitrogens is 2. The molecule has 1 amide bonds. The summed E-state index contributed by atoms with van der Waals surface area (Å²) in [5.41, 5.74) is 2.80. The Balaban J connectivity index is 1.53. The highest BCUT2D eigenvalue weighted by Gasteiger charge is 2.05. The van der Waals surface area contributed by atoms with Crippen molar-refractivity contribution in [1.29, 1.82) is 0 Å². The highest BCUT2D eigenvalue weighted by Crippen LogP contribution is 2.22. The first-order valence-corrected chi connectivity index (χ1v) is 8.02. The summed E-state index contributed by atoms with van der Waals surface area (Å²) in [6, 6.07) is 13.6. The zero-order valence-electron chi connectivity index (χ0n) is 12.3. The second kappa shape index (κ2) is 6.58. The van der Waals surface area contributed by atoms with Crippen molar-refractivity contribution in [3.8, 4) is 10.6 Å². The van der Waals surface area contributed by atoms with Crippen LogP contribution in [0.1, 0.15) is 15.9 Å². The molecule has 0 fully saturated rings. The van der Waals surface area contributed by atoms with Crippen LogP contribution < -0.4 is 5.32 Å². The summed E-state index contributed by atoms with van der Waals surface area (Å²) in [5, 5.41) is 9.46. The molecule has 0 aliphatic carbocycles. The van der Waals surface area contributed by atoms with Gasteiger partial charge in [-0.15, -0.1) is 11.3 Å². The second-order valence-corrected chi connectivity index (χ2v) is 6.01. The molecule has 0 spiro atoms. The Kier molecular flexibility index (Phi) is 4.34. The van der Waals surface area contributed by atoms with Crippen LogP contribution in [0, 0.1) is 6.92 Å². The van der Waals surface area contributed by atoms with Gasteiger partial charge in [-0.1, -0.05) is 23.8 Å². The third-order valence-corrected chi connectivity index (χ3v) is 4.25. The summed E-state index contributed by atoms with van der Waals surface area (Å²) < 4.78 is 1.85. The van der Waals surface area contributed by atoms with Gasteiger partial charge in [-0.3, -0.25) is 9.48 Å². The van der Waals surface area contributed by atoms with Crippen molar-refractivity contribution in [2.75, 3.05) is 6.54 Å². The molecule has 0 saturated carbocycles. The first-order chi connectivity index (χ1) is 10.7. The lowest BCUT2D eigenvalue weighted by atomic mass is 10.1. The molecular weight excluding hydrogens is 294 g/mol. The van der Waals surface area contributed by atoms with Crippen LogP contribution in [-0.4, -0.2) is 22.2 Å². The molecule has 1 aromatic carbocycles. The van der Waals surface area contributed by atoms with E-state index >= 15 is 0 Å². The summed E-state index contributed by atoms with van der Waals surface area (Å²) in [6.45, 7) is 3.21. The van der Waals surface area contributed by atoms with Crippen molar-refractivity contribution in [2.24, 2.45) is 0 Å². The lowest BCUT2D eigenvalue weighted by molar-refractivity contribution is 0.0952. The van der Waals surface area contributed by atoms with Crippen LogP contribution in [0.25, 0.3) is 10.6 Å². The van der Waals surface area contributed by atoms with Crippen LogP contribution >= 0.6 is 11.3 Å². The fraction of sp³-hybridized carbons (Fsp3) is 0.176. The molecule has 0 bridgehead atoms. The zero-order valence-corrected chi connectivity index (χ0v) is 13.1. The molecule has 0 aliphatic rings. The van der Waals surface area contributed by atoms with Gasteiger partial charge in [-0.2, -0.15) is 5.10 Å². The van der Waals surface area contributed by atoms with Gasteiger partial charge in [0.15, 0.2) is 0 Å². The third kappa shape index (κ3) is 3.43. The number of amides is 1. The third-order valence-electron chi connectivity index (χ3n) is 3.35. The molecule has 0 unspecified atom stereocenters. The fourth-order valence-electron chi connectivity index (χ4n) is 2.13. The highest BCUT2D eigenvalue weighted by molar-refractivity contribution is 7.13. The SMILES string of the molecule is Cc1ccc(C(=O)NCCn2ccc(-c3cccs3)n2)cc1. The normalized spacial score (nSPS) is 10.6. The summed E-state index contributed by atoms with van der Waals surface area (Å²) in [7, 11) is 0. The van der Waals surface area contributed by atoms with E-state index < -0.39 is 0 Å². The smallest absolute Gasteiger partial charge is 0.251 e. The molecule has 112 valence electrons. The van der Waals surface area contributed by atoms with Gasteiger partial charge in [-0.05, 0) is 36.6 Å². The van der Waals surface area contributed by atoms with Gasteiger partial charge in [0.2, 0.25) is 0 Å². The van der Waals surface area contributed by atoms with Crippen LogP contribution in [0.15, 0.2) is 54.0 Å². The molecule has 5 heteroatoms. The topological polar surface area (TPSA) is 46.9 Å². The molecule has 4 nitrogen and oxygen atoms in total. The van der Waals surface area contributed by atoms with E-state index in [-0.39, 0.29) is 5.91 Å². The average Bonchev–Trinajstić information content (AvgIpc) is 3.19. The number of benzene rings is 1. The molecule has 0 radical (unpaired) electrons. The number of aryl methyl sites for hydroxylation is 1. The van der Waals surface area contributed by atoms with Gasteiger partial charge in [-0.25, -0.2) is 0 Å². The molecule has 3 rings (SSSR count). The Morgan fingerprint density at radius 2 is 2.05 bits per heavy atom. The van der Waals surface area contributed by atoms with Gasteiger partial charge in [0.1, 0.15) is 5.69 Å². The van der Waals surface area contributed by atoms with E-state index in [2.05, 4.69) is 16.5 Å². The molecule has 3 aromatic rings. The van der Waals surface area contributed by atoms with Gasteiger partial charge in [0.05, 0.1) is 11.4 Å². The molecular formula is C17H17N3OS. The number of thiophene rings is 1. The van der Waals surface area contributed by atoms with Crippen LogP contribution in [0.2, 0.25) is 0 Å². The van der Waals surface area contributed by atoms with Gasteiger partial charge in [0.25, 0.3) is 5.91 Å². The van der Waals surface area contributed by atoms with Crippen LogP contribution in [0.4, 0.5) is 0 Å². The maximum absolute atomic E-state index is 12.0. The van der Waals surface area contributed by atoms with E-state index in [0.717, 1.165) is 16.1 Å². The van der Waals surface area contributed by atoms with E-state index in [1.54, 1.807) is 11.3 Å². The predicted molar refractivity (Wildman–Crippen MR) is 89.1 cm³/mol. The minimum absolute atomic E-state index is 0.0503. The molecule has 1 N–H and O–H groups in total. The Morgan fingerprint density at radius 3 is 2.77 bits per heavy atom. The summed E-state index contributed by atoms with van der Waals surface area (Å²) in [5.74, 6) is -0.0503. The van der Waals surface area contributed by atoms with Crippen molar-refractivity contribution in [1.82, 2.24) is 15.1 Å². The zero-order chi connectivity index (χ0) is 15.4. The summed E-state index contributed by atoms with van der Waals surface area (Å²) >= 11 is 1.67. The number of hydrogen-bond acceptors (Lipinski definition) is 3. The number of rotatable bonds is 5. The standard InChI is InChI=1S/C17H17N3OS/c1-13-4-6-14(7-5-13)17(21)18-9-11-20-10-8-15(19-20)16-3-2-12-22-16/h2-8,10,12H,9,11H2,1H3,(H,18,21). The van der Waals surface area contributed by atoms with Gasteiger partial charge < -0.3 is 5.32 Å². The highest BCUT2D eigenvalue weighted by atomic mass is 32.1. The van der Waals surface area contributed by atoms with Crippen molar-refractivity contribution < 1.29 is 4.79 Å². The number of carbonyl (C=O) groups excluding carboxylic acids is 1. The van der Waals surface area contributed by atoms with Crippen molar-refractivity contribution in [2.45, 2.75) is 13.5 Å².